The van der Waals surface area contributed by atoms with Gasteiger partial charge in [0.2, 0.25) is 0 Å². The van der Waals surface area contributed by atoms with E-state index in [0.717, 1.165) is 31.7 Å². The molecule has 0 amide bonds. The molecule has 106 valence electrons. The summed E-state index contributed by atoms with van der Waals surface area (Å²) in [7, 11) is 0. The van der Waals surface area contributed by atoms with Crippen LogP contribution in [0.15, 0.2) is 18.2 Å². The molecule has 0 radical (unpaired) electrons. The molecule has 2 rings (SSSR count). The average molecular weight is 283 g/mol. The summed E-state index contributed by atoms with van der Waals surface area (Å²) in [5.41, 5.74) is 0.973. The standard InChI is InChI=1S/C15H23ClN2O/c1-15(2,3)14(18-8-6-17-7-9-18)12-10-11(16)4-5-13(12)19/h4-5,10,14,17,19H,6-9H2,1-3H3/t14-/m0/s1. The Morgan fingerprint density at radius 3 is 2.47 bits per heavy atom. The third kappa shape index (κ3) is 3.41. The van der Waals surface area contributed by atoms with Crippen molar-refractivity contribution in [1.29, 1.82) is 0 Å². The van der Waals surface area contributed by atoms with Crippen LogP contribution in [0.4, 0.5) is 0 Å². The molecule has 1 aliphatic rings. The van der Waals surface area contributed by atoms with Gasteiger partial charge in [-0.05, 0) is 23.6 Å². The minimum absolute atomic E-state index is 0.0412. The lowest BCUT2D eigenvalue weighted by Gasteiger charge is -2.42. The fourth-order valence-corrected chi connectivity index (χ4v) is 3.08. The van der Waals surface area contributed by atoms with E-state index in [4.69, 9.17) is 11.6 Å². The van der Waals surface area contributed by atoms with E-state index in [2.05, 4.69) is 31.0 Å². The van der Waals surface area contributed by atoms with Crippen molar-refractivity contribution in [2.45, 2.75) is 26.8 Å². The smallest absolute Gasteiger partial charge is 0.120 e. The Morgan fingerprint density at radius 2 is 1.89 bits per heavy atom. The summed E-state index contributed by atoms with van der Waals surface area (Å²) >= 11 is 6.11. The molecule has 0 aliphatic carbocycles. The van der Waals surface area contributed by atoms with E-state index in [1.54, 1.807) is 12.1 Å². The van der Waals surface area contributed by atoms with Gasteiger partial charge in [-0.3, -0.25) is 4.90 Å². The van der Waals surface area contributed by atoms with Crippen molar-refractivity contribution in [3.8, 4) is 5.75 Å². The summed E-state index contributed by atoms with van der Waals surface area (Å²) < 4.78 is 0. The Morgan fingerprint density at radius 1 is 1.26 bits per heavy atom. The number of phenolic OH excluding ortho intramolecular Hbond substituents is 1. The van der Waals surface area contributed by atoms with Gasteiger partial charge in [-0.15, -0.1) is 0 Å². The number of nitrogens with zero attached hydrogens (tertiary/aromatic N) is 1. The Labute approximate surface area is 120 Å². The van der Waals surface area contributed by atoms with Crippen molar-refractivity contribution in [3.05, 3.63) is 28.8 Å². The number of nitrogens with one attached hydrogen (secondary N) is 1. The second-order valence-electron chi connectivity index (χ2n) is 6.26. The predicted molar refractivity (Wildman–Crippen MR) is 79.8 cm³/mol. The van der Waals surface area contributed by atoms with E-state index < -0.39 is 0 Å². The molecule has 4 heteroatoms. The van der Waals surface area contributed by atoms with Gasteiger partial charge in [-0.25, -0.2) is 0 Å². The molecule has 1 aromatic carbocycles. The number of halogens is 1. The summed E-state index contributed by atoms with van der Waals surface area (Å²) in [6, 6.07) is 5.50. The van der Waals surface area contributed by atoms with Gasteiger partial charge in [0.25, 0.3) is 0 Å². The number of hydrogen-bond donors (Lipinski definition) is 2. The highest BCUT2D eigenvalue weighted by molar-refractivity contribution is 6.30. The van der Waals surface area contributed by atoms with Crippen molar-refractivity contribution in [2.24, 2.45) is 5.41 Å². The Balaban J connectivity index is 2.39. The largest absolute Gasteiger partial charge is 0.508 e. The monoisotopic (exact) mass is 282 g/mol. The lowest BCUT2D eigenvalue weighted by Crippen LogP contribution is -2.48. The van der Waals surface area contributed by atoms with E-state index in [-0.39, 0.29) is 11.5 Å². The maximum absolute atomic E-state index is 10.2. The van der Waals surface area contributed by atoms with Crippen LogP contribution < -0.4 is 5.32 Å². The van der Waals surface area contributed by atoms with Gasteiger partial charge in [-0.2, -0.15) is 0 Å². The highest BCUT2D eigenvalue weighted by Gasteiger charge is 2.34. The Hall–Kier alpha value is -0.770. The highest BCUT2D eigenvalue weighted by Crippen LogP contribution is 2.42. The molecule has 19 heavy (non-hydrogen) atoms. The van der Waals surface area contributed by atoms with E-state index in [1.807, 2.05) is 6.07 Å². The fraction of sp³-hybridized carbons (Fsp3) is 0.600. The van der Waals surface area contributed by atoms with E-state index in [1.165, 1.54) is 0 Å². The van der Waals surface area contributed by atoms with Crippen LogP contribution in [0, 0.1) is 5.41 Å². The zero-order valence-corrected chi connectivity index (χ0v) is 12.7. The van der Waals surface area contributed by atoms with Gasteiger partial charge < -0.3 is 10.4 Å². The fourth-order valence-electron chi connectivity index (χ4n) is 2.90. The number of piperazine rings is 1. The lowest BCUT2D eigenvalue weighted by molar-refractivity contribution is 0.0842. The second kappa shape index (κ2) is 5.70. The SMILES string of the molecule is CC(C)(C)[C@H](c1cc(Cl)ccc1O)N1CCNCC1. The minimum atomic E-state index is 0.0412. The Kier molecular flexibility index (Phi) is 4.39. The van der Waals surface area contributed by atoms with Gasteiger partial charge in [0, 0.05) is 42.8 Å². The molecule has 2 N–H and O–H groups in total. The van der Waals surface area contributed by atoms with Crippen molar-refractivity contribution in [1.82, 2.24) is 10.2 Å². The quantitative estimate of drug-likeness (QED) is 0.875. The van der Waals surface area contributed by atoms with Gasteiger partial charge >= 0.3 is 0 Å². The van der Waals surface area contributed by atoms with Crippen LogP contribution in [0.3, 0.4) is 0 Å². The number of aromatic hydroxyl groups is 1. The zero-order chi connectivity index (χ0) is 14.0. The van der Waals surface area contributed by atoms with Gasteiger partial charge in [-0.1, -0.05) is 32.4 Å². The normalized spacial score (nSPS) is 19.4. The maximum atomic E-state index is 10.2. The second-order valence-corrected chi connectivity index (χ2v) is 6.69. The number of phenols is 1. The number of hydrogen-bond acceptors (Lipinski definition) is 3. The molecule has 1 aliphatic heterocycles. The van der Waals surface area contributed by atoms with Crippen LogP contribution in [0.2, 0.25) is 5.02 Å². The molecular weight excluding hydrogens is 260 g/mol. The molecule has 1 fully saturated rings. The third-order valence-corrected chi connectivity index (χ3v) is 3.86. The van der Waals surface area contributed by atoms with Crippen molar-refractivity contribution >= 4 is 11.6 Å². The third-order valence-electron chi connectivity index (χ3n) is 3.62. The van der Waals surface area contributed by atoms with Crippen LogP contribution >= 0.6 is 11.6 Å². The van der Waals surface area contributed by atoms with E-state index >= 15 is 0 Å². The summed E-state index contributed by atoms with van der Waals surface area (Å²) in [4.78, 5) is 2.43. The summed E-state index contributed by atoms with van der Waals surface area (Å²) in [6.07, 6.45) is 0. The number of rotatable bonds is 2. The van der Waals surface area contributed by atoms with E-state index in [9.17, 15) is 5.11 Å². The van der Waals surface area contributed by atoms with Crippen molar-refractivity contribution in [3.63, 3.8) is 0 Å². The lowest BCUT2D eigenvalue weighted by atomic mass is 9.80. The predicted octanol–water partition coefficient (Wildman–Crippen LogP) is 3.04. The topological polar surface area (TPSA) is 35.5 Å². The molecular formula is C15H23ClN2O. The molecule has 0 aromatic heterocycles. The molecule has 0 bridgehead atoms. The zero-order valence-electron chi connectivity index (χ0n) is 11.9. The highest BCUT2D eigenvalue weighted by atomic mass is 35.5. The molecule has 0 spiro atoms. The van der Waals surface area contributed by atoms with Crippen molar-refractivity contribution in [2.75, 3.05) is 26.2 Å². The first kappa shape index (κ1) is 14.6. The van der Waals surface area contributed by atoms with Gasteiger partial charge in [0.05, 0.1) is 0 Å². The van der Waals surface area contributed by atoms with Crippen LogP contribution in [-0.4, -0.2) is 36.2 Å². The van der Waals surface area contributed by atoms with Crippen LogP contribution in [0.5, 0.6) is 5.75 Å². The molecule has 1 saturated heterocycles. The first-order valence-electron chi connectivity index (χ1n) is 6.83. The van der Waals surface area contributed by atoms with Crippen LogP contribution in [0.25, 0.3) is 0 Å². The molecule has 0 saturated carbocycles. The molecule has 3 nitrogen and oxygen atoms in total. The minimum Gasteiger partial charge on any atom is -0.508 e. The van der Waals surface area contributed by atoms with Crippen molar-refractivity contribution < 1.29 is 5.11 Å². The maximum Gasteiger partial charge on any atom is 0.120 e. The molecule has 1 aromatic rings. The first-order valence-corrected chi connectivity index (χ1v) is 7.20. The van der Waals surface area contributed by atoms with E-state index in [0.29, 0.717) is 10.8 Å². The van der Waals surface area contributed by atoms with Gasteiger partial charge in [0.1, 0.15) is 5.75 Å². The number of benzene rings is 1. The van der Waals surface area contributed by atoms with Gasteiger partial charge in [0.15, 0.2) is 0 Å². The summed E-state index contributed by atoms with van der Waals surface area (Å²) in [6.45, 7) is 10.6. The molecule has 0 unspecified atom stereocenters. The molecule has 1 heterocycles. The Bertz CT molecular complexity index is 436. The van der Waals surface area contributed by atoms with Crippen LogP contribution in [-0.2, 0) is 0 Å². The molecule has 1 atom stereocenters. The summed E-state index contributed by atoms with van der Waals surface area (Å²) in [5, 5.41) is 14.2. The average Bonchev–Trinajstić information content (AvgIpc) is 2.33. The first-order chi connectivity index (χ1) is 8.89. The van der Waals surface area contributed by atoms with Crippen LogP contribution in [0.1, 0.15) is 32.4 Å². The summed E-state index contributed by atoms with van der Waals surface area (Å²) in [5.74, 6) is 0.336.